The first kappa shape index (κ1) is 20.1. The molecule has 8 heteroatoms. The first-order chi connectivity index (χ1) is 12.4. The molecule has 26 heavy (non-hydrogen) atoms. The quantitative estimate of drug-likeness (QED) is 0.560. The van der Waals surface area contributed by atoms with E-state index in [-0.39, 0.29) is 5.75 Å². The highest BCUT2D eigenvalue weighted by Gasteiger charge is 2.18. The minimum Gasteiger partial charge on any atom is -0.452 e. The summed E-state index contributed by atoms with van der Waals surface area (Å²) >= 11 is 13.1. The second kappa shape index (κ2) is 9.48. The standard InChI is InChI=1S/C18H14Cl2N2O3S/c1-11(18(24)22-14-5-2-12(9-21)3-6-14)25-17(23)10-26-16-8-13(19)4-7-15(16)20/h2-8,11H,10H2,1H3,(H,22,24)/t11-/m0/s1. The second-order valence-electron chi connectivity index (χ2n) is 5.17. The number of nitrogens with zero attached hydrogens (tertiary/aromatic N) is 1. The molecular formula is C18H14Cl2N2O3S. The maximum absolute atomic E-state index is 12.1. The summed E-state index contributed by atoms with van der Waals surface area (Å²) < 4.78 is 5.12. The number of benzene rings is 2. The first-order valence-corrected chi connectivity index (χ1v) is 9.21. The number of thioether (sulfide) groups is 1. The Morgan fingerprint density at radius 2 is 1.92 bits per heavy atom. The van der Waals surface area contributed by atoms with E-state index in [1.807, 2.05) is 6.07 Å². The molecule has 0 unspecified atom stereocenters. The van der Waals surface area contributed by atoms with Crippen molar-refractivity contribution in [1.82, 2.24) is 0 Å². The lowest BCUT2D eigenvalue weighted by atomic mass is 10.2. The van der Waals surface area contributed by atoms with Gasteiger partial charge in [-0.2, -0.15) is 5.26 Å². The van der Waals surface area contributed by atoms with Crippen molar-refractivity contribution >= 4 is 52.5 Å². The van der Waals surface area contributed by atoms with E-state index < -0.39 is 18.0 Å². The van der Waals surface area contributed by atoms with Gasteiger partial charge in [-0.05, 0) is 49.4 Å². The van der Waals surface area contributed by atoms with E-state index >= 15 is 0 Å². The van der Waals surface area contributed by atoms with E-state index in [1.54, 1.807) is 42.5 Å². The number of esters is 1. The van der Waals surface area contributed by atoms with Gasteiger partial charge in [-0.1, -0.05) is 23.2 Å². The predicted molar refractivity (Wildman–Crippen MR) is 103 cm³/mol. The Bertz CT molecular complexity index is 851. The predicted octanol–water partition coefficient (Wildman–Crippen LogP) is 4.53. The van der Waals surface area contributed by atoms with E-state index in [9.17, 15) is 9.59 Å². The van der Waals surface area contributed by atoms with Crippen LogP contribution in [-0.2, 0) is 14.3 Å². The largest absolute Gasteiger partial charge is 0.452 e. The van der Waals surface area contributed by atoms with Crippen LogP contribution in [0.15, 0.2) is 47.4 Å². The highest BCUT2D eigenvalue weighted by atomic mass is 35.5. The molecule has 2 aromatic rings. The summed E-state index contributed by atoms with van der Waals surface area (Å²) in [5, 5.41) is 12.4. The third kappa shape index (κ3) is 5.95. The van der Waals surface area contributed by atoms with Crippen molar-refractivity contribution in [3.05, 3.63) is 58.1 Å². The minimum atomic E-state index is -0.964. The van der Waals surface area contributed by atoms with E-state index in [4.69, 9.17) is 33.2 Å². The minimum absolute atomic E-state index is 0.00541. The third-order valence-electron chi connectivity index (χ3n) is 3.20. The number of nitriles is 1. The Hall–Kier alpha value is -2.20. The van der Waals surface area contributed by atoms with E-state index in [2.05, 4.69) is 5.32 Å². The number of carbonyl (C=O) groups is 2. The molecule has 0 aliphatic carbocycles. The molecule has 1 N–H and O–H groups in total. The lowest BCUT2D eigenvalue weighted by Crippen LogP contribution is -2.30. The van der Waals surface area contributed by atoms with Crippen LogP contribution in [0, 0.1) is 11.3 Å². The molecule has 0 aromatic heterocycles. The van der Waals surface area contributed by atoms with Gasteiger partial charge in [0.15, 0.2) is 6.10 Å². The van der Waals surface area contributed by atoms with Gasteiger partial charge in [0.05, 0.1) is 22.4 Å². The maximum atomic E-state index is 12.1. The summed E-state index contributed by atoms with van der Waals surface area (Å²) in [6, 6.07) is 13.3. The fourth-order valence-electron chi connectivity index (χ4n) is 1.88. The molecule has 0 fully saturated rings. The Kier molecular flexibility index (Phi) is 7.34. The molecule has 0 saturated heterocycles. The molecule has 0 saturated carbocycles. The van der Waals surface area contributed by atoms with Crippen molar-refractivity contribution in [2.45, 2.75) is 17.9 Å². The summed E-state index contributed by atoms with van der Waals surface area (Å²) in [5.74, 6) is -1.02. The Balaban J connectivity index is 1.84. The molecule has 0 bridgehead atoms. The van der Waals surface area contributed by atoms with E-state index in [0.29, 0.717) is 26.2 Å². The number of hydrogen-bond acceptors (Lipinski definition) is 5. The number of halogens is 2. The van der Waals surface area contributed by atoms with Crippen LogP contribution < -0.4 is 5.32 Å². The Labute approximate surface area is 165 Å². The van der Waals surface area contributed by atoms with Gasteiger partial charge in [-0.3, -0.25) is 9.59 Å². The van der Waals surface area contributed by atoms with Gasteiger partial charge in [0.1, 0.15) is 0 Å². The molecule has 0 aliphatic rings. The van der Waals surface area contributed by atoms with Crippen molar-refractivity contribution in [2.24, 2.45) is 0 Å². The lowest BCUT2D eigenvalue weighted by molar-refractivity contribution is -0.150. The zero-order valence-electron chi connectivity index (χ0n) is 13.7. The zero-order chi connectivity index (χ0) is 19.1. The number of anilines is 1. The number of hydrogen-bond donors (Lipinski definition) is 1. The van der Waals surface area contributed by atoms with Gasteiger partial charge in [0.25, 0.3) is 5.91 Å². The topological polar surface area (TPSA) is 79.2 Å². The van der Waals surface area contributed by atoms with Crippen LogP contribution in [0.2, 0.25) is 10.0 Å². The monoisotopic (exact) mass is 408 g/mol. The number of rotatable bonds is 6. The van der Waals surface area contributed by atoms with Gasteiger partial charge < -0.3 is 10.1 Å². The normalized spacial score (nSPS) is 11.3. The van der Waals surface area contributed by atoms with Crippen molar-refractivity contribution < 1.29 is 14.3 Å². The fraction of sp³-hybridized carbons (Fsp3) is 0.167. The highest BCUT2D eigenvalue weighted by Crippen LogP contribution is 2.29. The van der Waals surface area contributed by atoms with Crippen LogP contribution in [0.25, 0.3) is 0 Å². The molecule has 2 aromatic carbocycles. The summed E-state index contributed by atoms with van der Waals surface area (Å²) in [4.78, 5) is 24.7. The molecule has 134 valence electrons. The summed E-state index contributed by atoms with van der Waals surface area (Å²) in [7, 11) is 0. The van der Waals surface area contributed by atoms with Crippen LogP contribution >= 0.6 is 35.0 Å². The van der Waals surface area contributed by atoms with Gasteiger partial charge in [-0.25, -0.2) is 0 Å². The number of carbonyl (C=O) groups excluding carboxylic acids is 2. The molecular weight excluding hydrogens is 395 g/mol. The van der Waals surface area contributed by atoms with Gasteiger partial charge >= 0.3 is 5.97 Å². The highest BCUT2D eigenvalue weighted by molar-refractivity contribution is 8.00. The third-order valence-corrected chi connectivity index (χ3v) is 4.90. The van der Waals surface area contributed by atoms with Crippen molar-refractivity contribution in [2.75, 3.05) is 11.1 Å². The fourth-order valence-corrected chi connectivity index (χ4v) is 3.16. The second-order valence-corrected chi connectivity index (χ2v) is 7.03. The molecule has 5 nitrogen and oxygen atoms in total. The van der Waals surface area contributed by atoms with E-state index in [1.165, 1.54) is 18.7 Å². The first-order valence-electron chi connectivity index (χ1n) is 7.47. The molecule has 0 radical (unpaired) electrons. The average molecular weight is 409 g/mol. The lowest BCUT2D eigenvalue weighted by Gasteiger charge is -2.13. The maximum Gasteiger partial charge on any atom is 0.317 e. The average Bonchev–Trinajstić information content (AvgIpc) is 2.63. The van der Waals surface area contributed by atoms with Crippen LogP contribution in [0.5, 0.6) is 0 Å². The molecule has 1 atom stereocenters. The number of nitrogens with one attached hydrogen (secondary N) is 1. The zero-order valence-corrected chi connectivity index (χ0v) is 16.0. The van der Waals surface area contributed by atoms with Crippen molar-refractivity contribution in [3.63, 3.8) is 0 Å². The van der Waals surface area contributed by atoms with Gasteiger partial charge in [-0.15, -0.1) is 11.8 Å². The Morgan fingerprint density at radius 3 is 2.58 bits per heavy atom. The summed E-state index contributed by atoms with van der Waals surface area (Å²) in [6.07, 6.45) is -0.964. The number of ether oxygens (including phenoxy) is 1. The molecule has 0 heterocycles. The van der Waals surface area contributed by atoms with Gasteiger partial charge in [0, 0.05) is 15.6 Å². The van der Waals surface area contributed by atoms with E-state index in [0.717, 1.165) is 0 Å². The summed E-state index contributed by atoms with van der Waals surface area (Å²) in [5.41, 5.74) is 0.996. The van der Waals surface area contributed by atoms with Crippen molar-refractivity contribution in [1.29, 1.82) is 5.26 Å². The molecule has 0 spiro atoms. The van der Waals surface area contributed by atoms with Gasteiger partial charge in [0.2, 0.25) is 0 Å². The van der Waals surface area contributed by atoms with Crippen LogP contribution in [0.1, 0.15) is 12.5 Å². The van der Waals surface area contributed by atoms with Crippen LogP contribution in [-0.4, -0.2) is 23.7 Å². The molecule has 2 rings (SSSR count). The summed E-state index contributed by atoms with van der Waals surface area (Å²) in [6.45, 7) is 1.48. The number of amides is 1. The molecule has 1 amide bonds. The molecule has 0 aliphatic heterocycles. The smallest absolute Gasteiger partial charge is 0.317 e. The van der Waals surface area contributed by atoms with Crippen LogP contribution in [0.3, 0.4) is 0 Å². The SMILES string of the molecule is C[C@H](OC(=O)CSc1cc(Cl)ccc1Cl)C(=O)Nc1ccc(C#N)cc1. The van der Waals surface area contributed by atoms with Crippen molar-refractivity contribution in [3.8, 4) is 6.07 Å². The van der Waals surface area contributed by atoms with Crippen LogP contribution in [0.4, 0.5) is 5.69 Å². The Morgan fingerprint density at radius 1 is 1.23 bits per heavy atom.